The van der Waals surface area contributed by atoms with Crippen molar-refractivity contribution in [3.8, 4) is 11.5 Å². The average molecular weight is 358 g/mol. The summed E-state index contributed by atoms with van der Waals surface area (Å²) in [6.07, 6.45) is 1.69. The van der Waals surface area contributed by atoms with Gasteiger partial charge in [0.1, 0.15) is 11.5 Å². The minimum atomic E-state index is -0.175. The molecule has 0 radical (unpaired) electrons. The minimum absolute atomic E-state index is 0.145. The summed E-state index contributed by atoms with van der Waals surface area (Å²) in [5, 5.41) is 10.9. The van der Waals surface area contributed by atoms with E-state index in [-0.39, 0.29) is 17.3 Å². The molecule has 0 aromatic heterocycles. The molecule has 2 aromatic rings. The number of carbonyl (C=O) groups excluding carboxylic acids is 1. The monoisotopic (exact) mass is 357 g/mol. The topological polar surface area (TPSA) is 49.8 Å². The molecule has 130 valence electrons. The van der Waals surface area contributed by atoms with E-state index < -0.39 is 0 Å². The van der Waals surface area contributed by atoms with E-state index in [1.54, 1.807) is 30.3 Å². The molecule has 25 heavy (non-hydrogen) atoms. The number of aromatic hydroxyl groups is 1. The Bertz CT molecular complexity index is 824. The second kappa shape index (κ2) is 7.30. The molecule has 0 unspecified atom stereocenters. The highest BCUT2D eigenvalue weighted by Gasteiger charge is 2.31. The summed E-state index contributed by atoms with van der Waals surface area (Å²) in [6.45, 7) is 6.34. The SMILES string of the molecule is CCN(CC)Cc1c(O)ccc2c1O/C(=C\c1ccc(Cl)cc1)C2=O. The van der Waals surface area contributed by atoms with Crippen molar-refractivity contribution >= 4 is 23.5 Å². The number of rotatable bonds is 5. The molecule has 1 aliphatic heterocycles. The molecule has 0 bridgehead atoms. The number of carbonyl (C=O) groups is 1. The number of hydrogen-bond donors (Lipinski definition) is 1. The van der Waals surface area contributed by atoms with Gasteiger partial charge in [-0.1, -0.05) is 37.6 Å². The van der Waals surface area contributed by atoms with E-state index in [0.717, 1.165) is 18.7 Å². The van der Waals surface area contributed by atoms with Crippen LogP contribution >= 0.6 is 11.6 Å². The first-order chi connectivity index (χ1) is 12.0. The number of benzene rings is 2. The predicted octanol–water partition coefficient (Wildman–Crippen LogP) is 4.50. The van der Waals surface area contributed by atoms with Crippen LogP contribution in [0.3, 0.4) is 0 Å². The third kappa shape index (κ3) is 3.55. The van der Waals surface area contributed by atoms with E-state index in [2.05, 4.69) is 18.7 Å². The van der Waals surface area contributed by atoms with Crippen molar-refractivity contribution in [2.45, 2.75) is 20.4 Å². The smallest absolute Gasteiger partial charge is 0.231 e. The zero-order valence-electron chi connectivity index (χ0n) is 14.3. The summed E-state index contributed by atoms with van der Waals surface area (Å²) in [5.41, 5.74) is 1.96. The van der Waals surface area contributed by atoms with E-state index in [1.807, 2.05) is 12.1 Å². The maximum absolute atomic E-state index is 12.6. The highest BCUT2D eigenvalue weighted by atomic mass is 35.5. The first-order valence-corrected chi connectivity index (χ1v) is 8.68. The van der Waals surface area contributed by atoms with Crippen molar-refractivity contribution < 1.29 is 14.6 Å². The molecule has 1 aliphatic rings. The van der Waals surface area contributed by atoms with Crippen molar-refractivity contribution in [3.63, 3.8) is 0 Å². The lowest BCUT2D eigenvalue weighted by Crippen LogP contribution is -2.22. The van der Waals surface area contributed by atoms with Crippen LogP contribution in [-0.4, -0.2) is 28.9 Å². The number of fused-ring (bicyclic) bond motifs is 1. The molecule has 0 fully saturated rings. The van der Waals surface area contributed by atoms with Crippen LogP contribution in [0.5, 0.6) is 11.5 Å². The van der Waals surface area contributed by atoms with E-state index in [9.17, 15) is 9.90 Å². The Hall–Kier alpha value is -2.30. The Labute approximate surface area is 152 Å². The number of ketones is 1. The lowest BCUT2D eigenvalue weighted by Gasteiger charge is -2.20. The van der Waals surface area contributed by atoms with E-state index in [4.69, 9.17) is 16.3 Å². The van der Waals surface area contributed by atoms with Crippen LogP contribution in [0.2, 0.25) is 5.02 Å². The third-order valence-corrected chi connectivity index (χ3v) is 4.61. The fourth-order valence-corrected chi connectivity index (χ4v) is 2.96. The van der Waals surface area contributed by atoms with Gasteiger partial charge >= 0.3 is 0 Å². The molecule has 0 amide bonds. The average Bonchev–Trinajstić information content (AvgIpc) is 2.92. The summed E-state index contributed by atoms with van der Waals surface area (Å²) in [7, 11) is 0. The van der Waals surface area contributed by atoms with Crippen molar-refractivity contribution in [1.29, 1.82) is 0 Å². The van der Waals surface area contributed by atoms with Gasteiger partial charge in [0.25, 0.3) is 0 Å². The molecule has 1 N–H and O–H groups in total. The first-order valence-electron chi connectivity index (χ1n) is 8.30. The van der Waals surface area contributed by atoms with E-state index in [0.29, 0.717) is 28.4 Å². The number of halogens is 1. The van der Waals surface area contributed by atoms with Crippen LogP contribution in [0.15, 0.2) is 42.2 Å². The number of hydrogen-bond acceptors (Lipinski definition) is 4. The number of phenols is 1. The van der Waals surface area contributed by atoms with Crippen molar-refractivity contribution in [2.24, 2.45) is 0 Å². The zero-order chi connectivity index (χ0) is 18.0. The van der Waals surface area contributed by atoms with Gasteiger partial charge in [-0.05, 0) is 49.0 Å². The Kier molecular flexibility index (Phi) is 5.11. The van der Waals surface area contributed by atoms with E-state index >= 15 is 0 Å². The maximum atomic E-state index is 12.6. The number of ether oxygens (including phenoxy) is 1. The Morgan fingerprint density at radius 3 is 2.44 bits per heavy atom. The van der Waals surface area contributed by atoms with Gasteiger partial charge in [-0.15, -0.1) is 0 Å². The predicted molar refractivity (Wildman–Crippen MR) is 99.1 cm³/mol. The molecule has 1 heterocycles. The Morgan fingerprint density at radius 1 is 1.12 bits per heavy atom. The number of allylic oxidation sites excluding steroid dienone is 1. The first kappa shape index (κ1) is 17.5. The number of Topliss-reactive ketones (excluding diaryl/α,β-unsaturated/α-hetero) is 1. The molecule has 0 saturated heterocycles. The molecular formula is C20H20ClNO3. The third-order valence-electron chi connectivity index (χ3n) is 4.36. The fraction of sp³-hybridized carbons (Fsp3) is 0.250. The quantitative estimate of drug-likeness (QED) is 0.800. The van der Waals surface area contributed by atoms with Crippen LogP contribution < -0.4 is 4.74 Å². The van der Waals surface area contributed by atoms with Crippen molar-refractivity contribution in [2.75, 3.05) is 13.1 Å². The standard InChI is InChI=1S/C20H20ClNO3/c1-3-22(4-2)12-16-17(23)10-9-15-19(24)18(25-20(15)16)11-13-5-7-14(21)8-6-13/h5-11,23H,3-4,12H2,1-2H3/b18-11-. The second-order valence-electron chi connectivity index (χ2n) is 5.89. The van der Waals surface area contributed by atoms with Crippen molar-refractivity contribution in [1.82, 2.24) is 4.90 Å². The lowest BCUT2D eigenvalue weighted by atomic mass is 10.0. The van der Waals surface area contributed by atoms with Gasteiger partial charge in [0.15, 0.2) is 5.76 Å². The van der Waals surface area contributed by atoms with Crippen LogP contribution in [-0.2, 0) is 6.54 Å². The van der Waals surface area contributed by atoms with E-state index in [1.165, 1.54) is 0 Å². The van der Waals surface area contributed by atoms with Crippen LogP contribution in [0.25, 0.3) is 6.08 Å². The normalized spacial score (nSPS) is 14.9. The number of phenolic OH excluding ortho intramolecular Hbond substituents is 1. The van der Waals surface area contributed by atoms with Crippen LogP contribution in [0.1, 0.15) is 35.3 Å². The van der Waals surface area contributed by atoms with Gasteiger partial charge in [0.05, 0.1) is 11.1 Å². The summed E-state index contributed by atoms with van der Waals surface area (Å²) in [4.78, 5) is 14.8. The highest BCUT2D eigenvalue weighted by molar-refractivity contribution is 6.30. The Morgan fingerprint density at radius 2 is 1.80 bits per heavy atom. The molecule has 3 rings (SSSR count). The zero-order valence-corrected chi connectivity index (χ0v) is 15.0. The summed E-state index contributed by atoms with van der Waals surface area (Å²) >= 11 is 5.89. The van der Waals surface area contributed by atoms with Gasteiger partial charge in [-0.3, -0.25) is 9.69 Å². The number of nitrogens with zero attached hydrogens (tertiary/aromatic N) is 1. The summed E-state index contributed by atoms with van der Waals surface area (Å²) in [6, 6.07) is 10.3. The maximum Gasteiger partial charge on any atom is 0.231 e. The fourth-order valence-electron chi connectivity index (χ4n) is 2.83. The molecule has 2 aromatic carbocycles. The van der Waals surface area contributed by atoms with Gasteiger partial charge in [-0.2, -0.15) is 0 Å². The van der Waals surface area contributed by atoms with Gasteiger partial charge in [0, 0.05) is 11.6 Å². The van der Waals surface area contributed by atoms with Crippen LogP contribution in [0, 0.1) is 0 Å². The second-order valence-corrected chi connectivity index (χ2v) is 6.33. The molecule has 0 atom stereocenters. The minimum Gasteiger partial charge on any atom is -0.507 e. The molecular weight excluding hydrogens is 338 g/mol. The highest BCUT2D eigenvalue weighted by Crippen LogP contribution is 2.40. The van der Waals surface area contributed by atoms with Gasteiger partial charge in [-0.25, -0.2) is 0 Å². The lowest BCUT2D eigenvalue weighted by molar-refractivity contribution is 0.101. The van der Waals surface area contributed by atoms with Crippen molar-refractivity contribution in [3.05, 3.63) is 63.9 Å². The largest absolute Gasteiger partial charge is 0.507 e. The summed E-state index contributed by atoms with van der Waals surface area (Å²) in [5.74, 6) is 0.678. The van der Waals surface area contributed by atoms with Crippen LogP contribution in [0.4, 0.5) is 0 Å². The summed E-state index contributed by atoms with van der Waals surface area (Å²) < 4.78 is 5.85. The molecule has 0 saturated carbocycles. The molecule has 0 aliphatic carbocycles. The molecule has 4 nitrogen and oxygen atoms in total. The molecule has 5 heteroatoms. The van der Waals surface area contributed by atoms with Gasteiger partial charge in [0.2, 0.25) is 5.78 Å². The molecule has 0 spiro atoms. The Balaban J connectivity index is 1.96. The van der Waals surface area contributed by atoms with Gasteiger partial charge < -0.3 is 9.84 Å².